The van der Waals surface area contributed by atoms with E-state index in [0.717, 1.165) is 18.4 Å². The summed E-state index contributed by atoms with van der Waals surface area (Å²) in [5, 5.41) is 9.86. The van der Waals surface area contributed by atoms with Crippen LogP contribution in [0.4, 0.5) is 0 Å². The van der Waals surface area contributed by atoms with E-state index in [0.29, 0.717) is 24.8 Å². The first kappa shape index (κ1) is 18.8. The molecule has 3 aliphatic rings. The number of ether oxygens (including phenoxy) is 2. The molecule has 0 saturated heterocycles. The lowest BCUT2D eigenvalue weighted by molar-refractivity contribution is -0.169. The third kappa shape index (κ3) is 3.00. The number of hydrogen-bond donors (Lipinski definition) is 1. The summed E-state index contributed by atoms with van der Waals surface area (Å²) >= 11 is 0. The Kier molecular flexibility index (Phi) is 5.06. The predicted octanol–water partition coefficient (Wildman–Crippen LogP) is 2.31. The Morgan fingerprint density at radius 1 is 1.35 bits per heavy atom. The zero-order valence-corrected chi connectivity index (χ0v) is 15.5. The number of aliphatic hydroxyl groups is 1. The highest BCUT2D eigenvalue weighted by atomic mass is 16.6. The van der Waals surface area contributed by atoms with Gasteiger partial charge in [-0.25, -0.2) is 4.79 Å². The van der Waals surface area contributed by atoms with Crippen molar-refractivity contribution in [1.82, 2.24) is 0 Å². The fraction of sp³-hybridized carbons (Fsp3) is 0.650. The van der Waals surface area contributed by atoms with Crippen molar-refractivity contribution in [1.29, 1.82) is 0 Å². The molecule has 0 aromatic heterocycles. The third-order valence-corrected chi connectivity index (χ3v) is 6.57. The summed E-state index contributed by atoms with van der Waals surface area (Å²) in [6.45, 7) is 3.99. The number of methoxy groups -OCH3 is 1. The van der Waals surface area contributed by atoms with Crippen LogP contribution in [0.2, 0.25) is 0 Å². The summed E-state index contributed by atoms with van der Waals surface area (Å²) < 4.78 is 9.94. The van der Waals surface area contributed by atoms with E-state index in [-0.39, 0.29) is 29.5 Å². The molecule has 5 atom stereocenters. The fourth-order valence-electron chi connectivity index (χ4n) is 5.18. The Morgan fingerprint density at radius 3 is 2.69 bits per heavy atom. The molecule has 0 aromatic rings. The minimum atomic E-state index is -1.25. The van der Waals surface area contributed by atoms with Crippen molar-refractivity contribution in [2.24, 2.45) is 23.2 Å². The summed E-state index contributed by atoms with van der Waals surface area (Å²) in [4.78, 5) is 36.6. The predicted molar refractivity (Wildman–Crippen MR) is 92.6 cm³/mol. The van der Waals surface area contributed by atoms with E-state index >= 15 is 0 Å². The molecule has 1 heterocycles. The van der Waals surface area contributed by atoms with Gasteiger partial charge in [0.05, 0.1) is 12.5 Å². The van der Waals surface area contributed by atoms with Gasteiger partial charge in [-0.1, -0.05) is 12.5 Å². The van der Waals surface area contributed by atoms with Crippen LogP contribution in [0.15, 0.2) is 23.3 Å². The molecule has 1 N–H and O–H groups in total. The summed E-state index contributed by atoms with van der Waals surface area (Å²) in [5.41, 5.74) is 0.696. The van der Waals surface area contributed by atoms with Gasteiger partial charge in [0.1, 0.15) is 0 Å². The Bertz CT molecular complexity index is 690. The second-order valence-corrected chi connectivity index (χ2v) is 7.79. The maximum absolute atomic E-state index is 13.0. The molecule has 1 fully saturated rings. The van der Waals surface area contributed by atoms with E-state index in [1.54, 1.807) is 6.08 Å². The van der Waals surface area contributed by atoms with Gasteiger partial charge in [0, 0.05) is 18.1 Å². The van der Waals surface area contributed by atoms with Crippen molar-refractivity contribution in [3.8, 4) is 0 Å². The van der Waals surface area contributed by atoms with Gasteiger partial charge >= 0.3 is 11.9 Å². The second-order valence-electron chi connectivity index (χ2n) is 7.79. The quantitative estimate of drug-likeness (QED) is 0.772. The maximum atomic E-state index is 13.0. The number of allylic oxidation sites excluding steroid dienone is 2. The Balaban J connectivity index is 1.95. The van der Waals surface area contributed by atoms with E-state index < -0.39 is 17.7 Å². The van der Waals surface area contributed by atoms with Gasteiger partial charge in [0.2, 0.25) is 6.29 Å². The van der Waals surface area contributed by atoms with Crippen LogP contribution in [0.3, 0.4) is 0 Å². The first-order valence-electron chi connectivity index (χ1n) is 9.18. The number of carbonyl (C=O) groups is 3. The van der Waals surface area contributed by atoms with Gasteiger partial charge in [-0.3, -0.25) is 9.59 Å². The lowest BCUT2D eigenvalue weighted by Gasteiger charge is -2.51. The number of fused-ring (bicyclic) bond motifs is 1. The number of cyclic esters (lactones) is 1. The van der Waals surface area contributed by atoms with Gasteiger partial charge in [-0.05, 0) is 56.4 Å². The minimum absolute atomic E-state index is 0.0461. The fourth-order valence-corrected chi connectivity index (χ4v) is 5.18. The molecule has 0 spiro atoms. The average molecular weight is 362 g/mol. The number of rotatable bonds is 4. The zero-order valence-electron chi connectivity index (χ0n) is 15.5. The molecule has 0 radical (unpaired) electrons. The SMILES string of the molecule is COC(=O)[C@]1(CCC2=CC(=O)OC2O)[C@H](C)CC[C@@H]2C(C)=CC(=O)C[C@@H]21. The van der Waals surface area contributed by atoms with Crippen LogP contribution in [0, 0.1) is 23.2 Å². The van der Waals surface area contributed by atoms with Gasteiger partial charge in [0.25, 0.3) is 0 Å². The number of carbonyl (C=O) groups excluding carboxylic acids is 3. The summed E-state index contributed by atoms with van der Waals surface area (Å²) in [7, 11) is 1.38. The zero-order chi connectivity index (χ0) is 19.1. The molecule has 6 nitrogen and oxygen atoms in total. The smallest absolute Gasteiger partial charge is 0.333 e. The molecular weight excluding hydrogens is 336 g/mol. The molecule has 0 amide bonds. The van der Waals surface area contributed by atoms with Crippen LogP contribution in [-0.2, 0) is 23.9 Å². The lowest BCUT2D eigenvalue weighted by atomic mass is 9.51. The maximum Gasteiger partial charge on any atom is 0.333 e. The van der Waals surface area contributed by atoms with Crippen molar-refractivity contribution in [3.05, 3.63) is 23.3 Å². The standard InChI is InChI=1S/C20H26O6/c1-11-8-14(21)10-16-15(11)5-4-12(2)20(16,19(24)25-3)7-6-13-9-17(22)26-18(13)23/h8-9,12,15-16,18,23H,4-7,10H2,1-3H3/t12-,15-,16+,18?,20-/m1/s1. The summed E-state index contributed by atoms with van der Waals surface area (Å²) in [6, 6.07) is 0. The Morgan fingerprint density at radius 2 is 2.08 bits per heavy atom. The normalized spacial score (nSPS) is 36.8. The summed E-state index contributed by atoms with van der Waals surface area (Å²) in [5.74, 6) is -0.714. The van der Waals surface area contributed by atoms with Gasteiger partial charge in [0.15, 0.2) is 5.78 Å². The molecule has 1 unspecified atom stereocenters. The van der Waals surface area contributed by atoms with Gasteiger partial charge in [-0.2, -0.15) is 0 Å². The van der Waals surface area contributed by atoms with Crippen LogP contribution in [-0.4, -0.2) is 36.2 Å². The topological polar surface area (TPSA) is 89.9 Å². The van der Waals surface area contributed by atoms with Crippen LogP contribution >= 0.6 is 0 Å². The third-order valence-electron chi connectivity index (χ3n) is 6.57. The summed E-state index contributed by atoms with van der Waals surface area (Å²) in [6.07, 6.45) is 4.67. The van der Waals surface area contributed by atoms with E-state index in [4.69, 9.17) is 9.47 Å². The van der Waals surface area contributed by atoms with Crippen molar-refractivity contribution < 1.29 is 29.0 Å². The average Bonchev–Trinajstić information content (AvgIpc) is 2.91. The highest BCUT2D eigenvalue weighted by Crippen LogP contribution is 2.56. The van der Waals surface area contributed by atoms with Crippen molar-refractivity contribution in [2.75, 3.05) is 7.11 Å². The van der Waals surface area contributed by atoms with E-state index in [1.807, 2.05) is 13.8 Å². The Labute approximate surface area is 153 Å². The molecule has 0 aromatic carbocycles. The molecule has 0 bridgehead atoms. The molecule has 26 heavy (non-hydrogen) atoms. The molecule has 1 aliphatic heterocycles. The van der Waals surface area contributed by atoms with E-state index in [2.05, 4.69) is 0 Å². The minimum Gasteiger partial charge on any atom is -0.469 e. The first-order valence-corrected chi connectivity index (χ1v) is 9.18. The van der Waals surface area contributed by atoms with Crippen LogP contribution in [0.1, 0.15) is 46.0 Å². The number of aliphatic hydroxyl groups excluding tert-OH is 1. The molecule has 2 aliphatic carbocycles. The number of hydrogen-bond acceptors (Lipinski definition) is 6. The largest absolute Gasteiger partial charge is 0.469 e. The number of ketones is 1. The van der Waals surface area contributed by atoms with Gasteiger partial charge in [-0.15, -0.1) is 0 Å². The van der Waals surface area contributed by atoms with Gasteiger partial charge < -0.3 is 14.6 Å². The second kappa shape index (κ2) is 6.99. The van der Waals surface area contributed by atoms with Crippen molar-refractivity contribution in [2.45, 2.75) is 52.2 Å². The monoisotopic (exact) mass is 362 g/mol. The highest BCUT2D eigenvalue weighted by molar-refractivity contribution is 5.92. The molecule has 1 saturated carbocycles. The van der Waals surface area contributed by atoms with E-state index in [9.17, 15) is 19.5 Å². The lowest BCUT2D eigenvalue weighted by Crippen LogP contribution is -2.52. The van der Waals surface area contributed by atoms with Crippen LogP contribution < -0.4 is 0 Å². The van der Waals surface area contributed by atoms with E-state index in [1.165, 1.54) is 13.2 Å². The van der Waals surface area contributed by atoms with Crippen LogP contribution in [0.5, 0.6) is 0 Å². The number of esters is 2. The molecular formula is C20H26O6. The van der Waals surface area contributed by atoms with Crippen molar-refractivity contribution in [3.63, 3.8) is 0 Å². The molecule has 6 heteroatoms. The van der Waals surface area contributed by atoms with Crippen LogP contribution in [0.25, 0.3) is 0 Å². The Hall–Kier alpha value is -1.95. The first-order chi connectivity index (χ1) is 12.3. The molecule has 142 valence electrons. The highest BCUT2D eigenvalue weighted by Gasteiger charge is 2.56. The molecule has 3 rings (SSSR count). The van der Waals surface area contributed by atoms with Crippen molar-refractivity contribution >= 4 is 17.7 Å².